The van der Waals surface area contributed by atoms with Gasteiger partial charge in [-0.1, -0.05) is 0 Å². The molecule has 2 bridgehead atoms. The molecular weight excluding hydrogens is 256 g/mol. The quantitative estimate of drug-likeness (QED) is 0.786. The Morgan fingerprint density at radius 3 is 2.85 bits per heavy atom. The third-order valence-corrected chi connectivity index (χ3v) is 5.12. The van der Waals surface area contributed by atoms with Crippen LogP contribution >= 0.6 is 0 Å². The number of alkyl carbamates (subject to hydrolysis) is 1. The summed E-state index contributed by atoms with van der Waals surface area (Å²) >= 11 is 0. The second-order valence-corrected chi connectivity index (χ2v) is 6.67. The smallest absolute Gasteiger partial charge is 0.407 e. The summed E-state index contributed by atoms with van der Waals surface area (Å²) < 4.78 is 5.55. The fraction of sp³-hybridized carbons (Fsp3) is 0.714. The summed E-state index contributed by atoms with van der Waals surface area (Å²) in [5, 5.41) is 9.95. The van der Waals surface area contributed by atoms with Gasteiger partial charge in [0.05, 0.1) is 0 Å². The number of rotatable bonds is 3. The molecular formula is C14H20N4O2. The van der Waals surface area contributed by atoms with Crippen LogP contribution in [0.5, 0.6) is 0 Å². The van der Waals surface area contributed by atoms with Crippen molar-refractivity contribution in [2.45, 2.75) is 56.1 Å². The Balaban J connectivity index is 1.29. The number of carbonyl (C=O) groups excluding carboxylic acids is 1. The van der Waals surface area contributed by atoms with Gasteiger partial charge in [-0.3, -0.25) is 5.10 Å². The Hall–Kier alpha value is -1.72. The minimum atomic E-state index is -0.238. The van der Waals surface area contributed by atoms with Crippen LogP contribution in [0.1, 0.15) is 50.1 Å². The van der Waals surface area contributed by atoms with E-state index in [2.05, 4.69) is 15.5 Å². The van der Waals surface area contributed by atoms with Crippen LogP contribution in [0.15, 0.2) is 6.07 Å². The maximum atomic E-state index is 11.9. The second-order valence-electron chi connectivity index (χ2n) is 6.67. The lowest BCUT2D eigenvalue weighted by Gasteiger charge is -2.61. The number of amides is 1. The molecule has 0 saturated heterocycles. The molecule has 6 nitrogen and oxygen atoms in total. The predicted octanol–water partition coefficient (Wildman–Crippen LogP) is 1.91. The summed E-state index contributed by atoms with van der Waals surface area (Å²) in [7, 11) is 0. The molecule has 0 unspecified atom stereocenters. The first-order chi connectivity index (χ1) is 9.62. The van der Waals surface area contributed by atoms with E-state index in [0.717, 1.165) is 50.1 Å². The van der Waals surface area contributed by atoms with Crippen molar-refractivity contribution in [2.75, 3.05) is 5.73 Å². The molecule has 1 amide bonds. The van der Waals surface area contributed by atoms with Crippen molar-refractivity contribution in [2.24, 2.45) is 5.92 Å². The standard InChI is InChI=1S/C14H20N4O2/c15-12-4-11(17-18-12)9-1-2-10(3-9)20-13(19)16-14-5-8(6-14)7-14/h4,8-10H,1-3,5-7H2,(H,16,19)(H3,15,17,18)/t8?,9-,10+,14?/m0/s1. The Bertz CT molecular complexity index is 524. The molecule has 4 aliphatic carbocycles. The maximum Gasteiger partial charge on any atom is 0.407 e. The van der Waals surface area contributed by atoms with Gasteiger partial charge in [-0.2, -0.15) is 5.10 Å². The van der Waals surface area contributed by atoms with Crippen molar-refractivity contribution in [3.8, 4) is 0 Å². The lowest BCUT2D eigenvalue weighted by molar-refractivity contribution is -0.0506. The number of hydrogen-bond donors (Lipinski definition) is 3. The van der Waals surface area contributed by atoms with Gasteiger partial charge < -0.3 is 15.8 Å². The molecule has 108 valence electrons. The topological polar surface area (TPSA) is 93.0 Å². The van der Waals surface area contributed by atoms with Crippen LogP contribution in [0.3, 0.4) is 0 Å². The molecule has 0 aromatic carbocycles. The molecule has 2 atom stereocenters. The fourth-order valence-corrected chi connectivity index (χ4v) is 3.92. The number of hydrogen-bond acceptors (Lipinski definition) is 4. The van der Waals surface area contributed by atoms with Gasteiger partial charge in [0.15, 0.2) is 0 Å². The zero-order valence-corrected chi connectivity index (χ0v) is 11.4. The monoisotopic (exact) mass is 276 g/mol. The molecule has 4 fully saturated rings. The van der Waals surface area contributed by atoms with Crippen molar-refractivity contribution in [1.82, 2.24) is 15.5 Å². The minimum Gasteiger partial charge on any atom is -0.446 e. The van der Waals surface area contributed by atoms with Gasteiger partial charge in [0.2, 0.25) is 0 Å². The highest BCUT2D eigenvalue weighted by Gasteiger charge is 2.57. The van der Waals surface area contributed by atoms with E-state index in [1.165, 1.54) is 0 Å². The van der Waals surface area contributed by atoms with E-state index in [9.17, 15) is 4.79 Å². The predicted molar refractivity (Wildman–Crippen MR) is 73.1 cm³/mol. The summed E-state index contributed by atoms with van der Waals surface area (Å²) in [6.45, 7) is 0. The van der Waals surface area contributed by atoms with Gasteiger partial charge in [-0.05, 0) is 44.4 Å². The van der Waals surface area contributed by atoms with Gasteiger partial charge in [0, 0.05) is 23.2 Å². The van der Waals surface area contributed by atoms with E-state index in [-0.39, 0.29) is 17.7 Å². The normalized spacial score (nSPS) is 37.9. The molecule has 0 radical (unpaired) electrons. The largest absolute Gasteiger partial charge is 0.446 e. The summed E-state index contributed by atoms with van der Waals surface area (Å²) in [5.74, 6) is 1.75. The van der Waals surface area contributed by atoms with E-state index in [4.69, 9.17) is 10.5 Å². The summed E-state index contributed by atoms with van der Waals surface area (Å²) in [5.41, 5.74) is 6.76. The number of nitrogens with one attached hydrogen (secondary N) is 2. The Morgan fingerprint density at radius 2 is 2.25 bits per heavy atom. The van der Waals surface area contributed by atoms with E-state index in [1.54, 1.807) is 0 Å². The van der Waals surface area contributed by atoms with Crippen molar-refractivity contribution in [1.29, 1.82) is 0 Å². The number of aromatic nitrogens is 2. The molecule has 20 heavy (non-hydrogen) atoms. The average Bonchev–Trinajstić information content (AvgIpc) is 2.91. The highest BCUT2D eigenvalue weighted by molar-refractivity contribution is 5.69. The van der Waals surface area contributed by atoms with Gasteiger partial charge in [-0.25, -0.2) is 4.79 Å². The lowest BCUT2D eigenvalue weighted by Crippen LogP contribution is -2.68. The van der Waals surface area contributed by atoms with Crippen molar-refractivity contribution < 1.29 is 9.53 Å². The molecule has 0 spiro atoms. The first-order valence-electron chi connectivity index (χ1n) is 7.41. The average molecular weight is 276 g/mol. The van der Waals surface area contributed by atoms with E-state index >= 15 is 0 Å². The lowest BCUT2D eigenvalue weighted by atomic mass is 9.50. The summed E-state index contributed by atoms with van der Waals surface area (Å²) in [6, 6.07) is 1.87. The number of aromatic amines is 1. The molecule has 1 heterocycles. The zero-order chi connectivity index (χ0) is 13.7. The summed E-state index contributed by atoms with van der Waals surface area (Å²) in [4.78, 5) is 11.9. The van der Waals surface area contributed by atoms with Crippen molar-refractivity contribution >= 4 is 11.9 Å². The molecule has 4 saturated carbocycles. The number of carbonyl (C=O) groups is 1. The van der Waals surface area contributed by atoms with Gasteiger partial charge >= 0.3 is 6.09 Å². The van der Waals surface area contributed by atoms with E-state index in [0.29, 0.717) is 11.7 Å². The van der Waals surface area contributed by atoms with Gasteiger partial charge in [-0.15, -0.1) is 0 Å². The number of H-pyrrole nitrogens is 1. The van der Waals surface area contributed by atoms with Gasteiger partial charge in [0.1, 0.15) is 11.9 Å². The third-order valence-electron chi connectivity index (χ3n) is 5.12. The number of anilines is 1. The Kier molecular flexibility index (Phi) is 2.49. The third kappa shape index (κ3) is 1.94. The molecule has 4 N–H and O–H groups in total. The minimum absolute atomic E-state index is 0.0110. The van der Waals surface area contributed by atoms with Crippen LogP contribution in [0.2, 0.25) is 0 Å². The first kappa shape index (κ1) is 12.1. The SMILES string of the molecule is Nc1cc([C@H]2CC[C@@H](OC(=O)NC34CC(C3)C4)C2)[nH]n1. The zero-order valence-electron chi connectivity index (χ0n) is 11.4. The van der Waals surface area contributed by atoms with Crippen LogP contribution in [0.25, 0.3) is 0 Å². The van der Waals surface area contributed by atoms with E-state index in [1.807, 2.05) is 6.07 Å². The number of nitrogens with two attached hydrogens (primary N) is 1. The molecule has 0 aliphatic heterocycles. The van der Waals surface area contributed by atoms with Crippen LogP contribution in [0, 0.1) is 5.92 Å². The number of nitrogen functional groups attached to an aromatic ring is 1. The van der Waals surface area contributed by atoms with Crippen LogP contribution in [-0.2, 0) is 4.74 Å². The summed E-state index contributed by atoms with van der Waals surface area (Å²) in [6.07, 6.45) is 5.97. The second kappa shape index (κ2) is 4.14. The molecule has 5 rings (SSSR count). The van der Waals surface area contributed by atoms with Crippen LogP contribution in [-0.4, -0.2) is 27.9 Å². The Labute approximate surface area is 117 Å². The van der Waals surface area contributed by atoms with Crippen LogP contribution < -0.4 is 11.1 Å². The van der Waals surface area contributed by atoms with Crippen molar-refractivity contribution in [3.63, 3.8) is 0 Å². The number of ether oxygens (including phenoxy) is 1. The highest BCUT2D eigenvalue weighted by Crippen LogP contribution is 2.56. The maximum absolute atomic E-state index is 11.9. The molecule has 1 aromatic rings. The molecule has 4 aliphatic rings. The highest BCUT2D eigenvalue weighted by atomic mass is 16.6. The van der Waals surface area contributed by atoms with E-state index < -0.39 is 0 Å². The number of nitrogens with zero attached hydrogens (tertiary/aromatic N) is 1. The molecule has 1 aromatic heterocycles. The van der Waals surface area contributed by atoms with Crippen molar-refractivity contribution in [3.05, 3.63) is 11.8 Å². The van der Waals surface area contributed by atoms with Crippen LogP contribution in [0.4, 0.5) is 10.6 Å². The fourth-order valence-electron chi connectivity index (χ4n) is 3.92. The van der Waals surface area contributed by atoms with Gasteiger partial charge in [0.25, 0.3) is 0 Å². The Morgan fingerprint density at radius 1 is 1.45 bits per heavy atom. The first-order valence-corrected chi connectivity index (χ1v) is 7.41. The molecule has 6 heteroatoms.